The van der Waals surface area contributed by atoms with Crippen LogP contribution in [0.15, 0.2) is 0 Å². The summed E-state index contributed by atoms with van der Waals surface area (Å²) in [5.74, 6) is 4.24. The minimum absolute atomic E-state index is 0. The van der Waals surface area contributed by atoms with Crippen molar-refractivity contribution in [2.75, 3.05) is 13.1 Å². The van der Waals surface area contributed by atoms with Gasteiger partial charge in [0.05, 0.1) is 0 Å². The SMILES string of the molecule is CC1CN(C(=O)C2C3CC4CC(C3)CC2C4)CC(C)N1.Cl. The maximum absolute atomic E-state index is 13.1. The van der Waals surface area contributed by atoms with Gasteiger partial charge in [-0.2, -0.15) is 0 Å². The Bertz CT molecular complexity index is 376. The summed E-state index contributed by atoms with van der Waals surface area (Å²) in [6.45, 7) is 6.22. The van der Waals surface area contributed by atoms with E-state index in [0.29, 0.717) is 23.9 Å². The number of rotatable bonds is 1. The molecule has 5 aliphatic rings. The highest BCUT2D eigenvalue weighted by Crippen LogP contribution is 2.56. The lowest BCUT2D eigenvalue weighted by Crippen LogP contribution is -2.59. The van der Waals surface area contributed by atoms with Crippen LogP contribution in [0.2, 0.25) is 0 Å². The van der Waals surface area contributed by atoms with Gasteiger partial charge in [0.2, 0.25) is 5.91 Å². The fourth-order valence-corrected chi connectivity index (χ4v) is 6.05. The minimum Gasteiger partial charge on any atom is -0.339 e. The first-order valence-corrected chi connectivity index (χ1v) is 8.65. The Hall–Kier alpha value is -0.280. The minimum atomic E-state index is 0. The number of amides is 1. The van der Waals surface area contributed by atoms with Gasteiger partial charge in [-0.3, -0.25) is 4.79 Å². The summed E-state index contributed by atoms with van der Waals surface area (Å²) in [6, 6.07) is 0.888. The van der Waals surface area contributed by atoms with Crippen molar-refractivity contribution < 1.29 is 4.79 Å². The van der Waals surface area contributed by atoms with Crippen LogP contribution >= 0.6 is 12.4 Å². The molecular formula is C17H29ClN2O. The lowest BCUT2D eigenvalue weighted by molar-refractivity contribution is -0.150. The number of piperazine rings is 1. The molecule has 21 heavy (non-hydrogen) atoms. The van der Waals surface area contributed by atoms with Gasteiger partial charge in [-0.05, 0) is 69.6 Å². The van der Waals surface area contributed by atoms with E-state index in [2.05, 4.69) is 24.1 Å². The second kappa shape index (κ2) is 5.73. The normalized spacial score (nSPS) is 48.1. The number of carbonyl (C=O) groups excluding carboxylic acids is 1. The topological polar surface area (TPSA) is 32.3 Å². The van der Waals surface area contributed by atoms with Crippen LogP contribution in [0.5, 0.6) is 0 Å². The number of nitrogens with one attached hydrogen (secondary N) is 1. The highest BCUT2D eigenvalue weighted by molar-refractivity contribution is 5.85. The monoisotopic (exact) mass is 312 g/mol. The molecule has 1 amide bonds. The number of nitrogens with zero attached hydrogens (tertiary/aromatic N) is 1. The molecule has 2 unspecified atom stereocenters. The van der Waals surface area contributed by atoms with Crippen LogP contribution in [0.1, 0.15) is 46.0 Å². The van der Waals surface area contributed by atoms with Crippen molar-refractivity contribution in [1.29, 1.82) is 0 Å². The zero-order chi connectivity index (χ0) is 13.9. The van der Waals surface area contributed by atoms with E-state index in [0.717, 1.165) is 36.8 Å². The Labute approximate surface area is 134 Å². The molecule has 3 nitrogen and oxygen atoms in total. The van der Waals surface area contributed by atoms with Gasteiger partial charge >= 0.3 is 0 Å². The Kier molecular flexibility index (Phi) is 4.26. The molecule has 1 aliphatic heterocycles. The van der Waals surface area contributed by atoms with Crippen LogP contribution in [-0.2, 0) is 4.79 Å². The smallest absolute Gasteiger partial charge is 0.226 e. The molecule has 4 bridgehead atoms. The Morgan fingerprint density at radius 2 is 1.38 bits per heavy atom. The van der Waals surface area contributed by atoms with E-state index in [1.165, 1.54) is 32.1 Å². The molecule has 0 spiro atoms. The van der Waals surface area contributed by atoms with Crippen LogP contribution < -0.4 is 5.32 Å². The van der Waals surface area contributed by atoms with Gasteiger partial charge in [0, 0.05) is 31.1 Å². The summed E-state index contributed by atoms with van der Waals surface area (Å²) in [7, 11) is 0. The first-order valence-electron chi connectivity index (χ1n) is 8.65. The van der Waals surface area contributed by atoms with Crippen LogP contribution in [0.3, 0.4) is 0 Å². The zero-order valence-electron chi connectivity index (χ0n) is 13.3. The molecule has 0 aromatic carbocycles. The average molecular weight is 313 g/mol. The van der Waals surface area contributed by atoms with Crippen molar-refractivity contribution >= 4 is 18.3 Å². The van der Waals surface area contributed by atoms with Gasteiger partial charge in [-0.1, -0.05) is 0 Å². The van der Waals surface area contributed by atoms with Gasteiger partial charge in [0.15, 0.2) is 0 Å². The maximum atomic E-state index is 13.1. The molecule has 0 aromatic rings. The van der Waals surface area contributed by atoms with E-state index in [9.17, 15) is 4.79 Å². The molecule has 0 radical (unpaired) electrons. The maximum Gasteiger partial charge on any atom is 0.226 e. The van der Waals surface area contributed by atoms with Gasteiger partial charge < -0.3 is 10.2 Å². The number of hydrogen-bond donors (Lipinski definition) is 1. The summed E-state index contributed by atoms with van der Waals surface area (Å²) in [4.78, 5) is 15.3. The van der Waals surface area contributed by atoms with Crippen molar-refractivity contribution in [1.82, 2.24) is 10.2 Å². The average Bonchev–Trinajstić information content (AvgIpc) is 2.35. The van der Waals surface area contributed by atoms with Gasteiger partial charge in [0.1, 0.15) is 0 Å². The summed E-state index contributed by atoms with van der Waals surface area (Å²) in [5.41, 5.74) is 0. The third-order valence-corrected chi connectivity index (χ3v) is 6.38. The van der Waals surface area contributed by atoms with Gasteiger partial charge in [-0.15, -0.1) is 12.4 Å². The van der Waals surface area contributed by atoms with Crippen LogP contribution in [0.4, 0.5) is 0 Å². The Morgan fingerprint density at radius 3 is 1.86 bits per heavy atom. The Balaban J connectivity index is 0.00000132. The molecule has 0 aromatic heterocycles. The van der Waals surface area contributed by atoms with E-state index < -0.39 is 0 Å². The van der Waals surface area contributed by atoms with Gasteiger partial charge in [0.25, 0.3) is 0 Å². The van der Waals surface area contributed by atoms with Crippen LogP contribution in [-0.4, -0.2) is 36.0 Å². The molecule has 4 saturated carbocycles. The number of halogens is 1. The molecule has 5 rings (SSSR count). The van der Waals surface area contributed by atoms with E-state index in [1.54, 1.807) is 0 Å². The first-order chi connectivity index (χ1) is 9.60. The van der Waals surface area contributed by atoms with E-state index >= 15 is 0 Å². The molecular weight excluding hydrogens is 284 g/mol. The van der Waals surface area contributed by atoms with Crippen molar-refractivity contribution in [3.05, 3.63) is 0 Å². The fourth-order valence-electron chi connectivity index (χ4n) is 6.05. The third kappa shape index (κ3) is 2.72. The highest BCUT2D eigenvalue weighted by atomic mass is 35.5. The first kappa shape index (κ1) is 15.6. The summed E-state index contributed by atoms with van der Waals surface area (Å²) < 4.78 is 0. The van der Waals surface area contributed by atoms with Gasteiger partial charge in [-0.25, -0.2) is 0 Å². The summed E-state index contributed by atoms with van der Waals surface area (Å²) in [5, 5.41) is 3.54. The quantitative estimate of drug-likeness (QED) is 0.807. The predicted octanol–water partition coefficient (Wildman–Crippen LogP) is 2.69. The lowest BCUT2D eigenvalue weighted by Gasteiger charge is -2.54. The van der Waals surface area contributed by atoms with Crippen molar-refractivity contribution in [3.8, 4) is 0 Å². The molecule has 2 atom stereocenters. The fraction of sp³-hybridized carbons (Fsp3) is 0.941. The Morgan fingerprint density at radius 1 is 0.905 bits per heavy atom. The molecule has 120 valence electrons. The molecule has 1 N–H and O–H groups in total. The second-order valence-corrected chi connectivity index (χ2v) is 8.17. The van der Waals surface area contributed by atoms with Crippen LogP contribution in [0.25, 0.3) is 0 Å². The molecule has 5 fully saturated rings. The standard InChI is InChI=1S/C17H28N2O.ClH/c1-10-8-19(9-11(2)18-10)17(20)16-14-4-12-3-13(6-14)7-15(16)5-12;/h10-16,18H,3-9H2,1-2H3;1H. The molecule has 4 heteroatoms. The molecule has 4 aliphatic carbocycles. The van der Waals surface area contributed by atoms with E-state index in [1.807, 2.05) is 0 Å². The zero-order valence-corrected chi connectivity index (χ0v) is 14.1. The predicted molar refractivity (Wildman–Crippen MR) is 86.4 cm³/mol. The number of hydrogen-bond acceptors (Lipinski definition) is 2. The van der Waals surface area contributed by atoms with Crippen molar-refractivity contribution in [2.45, 2.75) is 58.0 Å². The second-order valence-electron chi connectivity index (χ2n) is 8.17. The highest BCUT2D eigenvalue weighted by Gasteiger charge is 2.51. The van der Waals surface area contributed by atoms with Crippen molar-refractivity contribution in [3.63, 3.8) is 0 Å². The summed E-state index contributed by atoms with van der Waals surface area (Å²) >= 11 is 0. The van der Waals surface area contributed by atoms with E-state index in [4.69, 9.17) is 0 Å². The largest absolute Gasteiger partial charge is 0.339 e. The lowest BCUT2D eigenvalue weighted by atomic mass is 9.51. The van der Waals surface area contributed by atoms with Crippen molar-refractivity contribution in [2.24, 2.45) is 29.6 Å². The third-order valence-electron chi connectivity index (χ3n) is 6.38. The number of carbonyl (C=O) groups is 1. The van der Waals surface area contributed by atoms with E-state index in [-0.39, 0.29) is 12.4 Å². The van der Waals surface area contributed by atoms with Crippen LogP contribution in [0, 0.1) is 29.6 Å². The molecule has 1 saturated heterocycles. The summed E-state index contributed by atoms with van der Waals surface area (Å²) in [6.07, 6.45) is 6.86. The molecule has 1 heterocycles.